The molecule has 1 aliphatic carbocycles. The predicted molar refractivity (Wildman–Crippen MR) is 73.0 cm³/mol. The third kappa shape index (κ3) is 2.85. The van der Waals surface area contributed by atoms with E-state index in [1.165, 1.54) is 17.5 Å². The number of nitrogens with one attached hydrogen (secondary N) is 1. The fourth-order valence-electron chi connectivity index (χ4n) is 2.67. The van der Waals surface area contributed by atoms with Crippen LogP contribution in [0.15, 0.2) is 18.2 Å². The van der Waals surface area contributed by atoms with Crippen LogP contribution in [0.3, 0.4) is 0 Å². The Morgan fingerprint density at radius 3 is 3.00 bits per heavy atom. The molecule has 2 N–H and O–H groups in total. The van der Waals surface area contributed by atoms with Crippen molar-refractivity contribution in [1.82, 2.24) is 5.32 Å². The van der Waals surface area contributed by atoms with Crippen LogP contribution in [0.2, 0.25) is 0 Å². The van der Waals surface area contributed by atoms with Crippen molar-refractivity contribution in [2.24, 2.45) is 0 Å². The minimum absolute atomic E-state index is 0.197. The molecule has 18 heavy (non-hydrogen) atoms. The number of rotatable bonds is 5. The first kappa shape index (κ1) is 13.4. The van der Waals surface area contributed by atoms with Crippen molar-refractivity contribution in [2.75, 3.05) is 13.7 Å². The molecule has 3 heteroatoms. The first-order chi connectivity index (χ1) is 8.78. The van der Waals surface area contributed by atoms with Crippen molar-refractivity contribution in [3.8, 4) is 5.75 Å². The van der Waals surface area contributed by atoms with Gasteiger partial charge in [0, 0.05) is 12.1 Å². The van der Waals surface area contributed by atoms with Crippen molar-refractivity contribution in [1.29, 1.82) is 0 Å². The second-order valence-corrected chi connectivity index (χ2v) is 4.96. The molecule has 2 atom stereocenters. The van der Waals surface area contributed by atoms with Crippen LogP contribution >= 0.6 is 0 Å². The zero-order valence-electron chi connectivity index (χ0n) is 11.3. The maximum absolute atomic E-state index is 9.30. The first-order valence-electron chi connectivity index (χ1n) is 6.82. The monoisotopic (exact) mass is 249 g/mol. The number of fused-ring (bicyclic) bond motifs is 1. The van der Waals surface area contributed by atoms with E-state index in [1.807, 2.05) is 6.07 Å². The minimum Gasteiger partial charge on any atom is -0.497 e. The number of aryl methyl sites for hydroxylation is 1. The Kier molecular flexibility index (Phi) is 4.61. The predicted octanol–water partition coefficient (Wildman–Crippen LogP) is 2.43. The molecule has 3 nitrogen and oxygen atoms in total. The van der Waals surface area contributed by atoms with E-state index >= 15 is 0 Å². The summed E-state index contributed by atoms with van der Waals surface area (Å²) in [4.78, 5) is 0. The second-order valence-electron chi connectivity index (χ2n) is 4.96. The molecular formula is C15H23NO2. The van der Waals surface area contributed by atoms with E-state index < -0.39 is 0 Å². The van der Waals surface area contributed by atoms with Crippen LogP contribution in [0.25, 0.3) is 0 Å². The molecule has 0 aliphatic heterocycles. The van der Waals surface area contributed by atoms with Crippen LogP contribution in [0.4, 0.5) is 0 Å². The maximum atomic E-state index is 9.30. The average Bonchev–Trinajstić information content (AvgIpc) is 2.44. The van der Waals surface area contributed by atoms with Gasteiger partial charge in [-0.05, 0) is 48.9 Å². The van der Waals surface area contributed by atoms with Gasteiger partial charge in [-0.15, -0.1) is 0 Å². The molecule has 0 saturated carbocycles. The van der Waals surface area contributed by atoms with Gasteiger partial charge in [0.25, 0.3) is 0 Å². The lowest BCUT2D eigenvalue weighted by Crippen LogP contribution is -2.36. The Bertz CT molecular complexity index is 388. The van der Waals surface area contributed by atoms with Gasteiger partial charge >= 0.3 is 0 Å². The second kappa shape index (κ2) is 6.21. The van der Waals surface area contributed by atoms with Gasteiger partial charge in [0.2, 0.25) is 0 Å². The molecule has 2 rings (SSSR count). The first-order valence-corrected chi connectivity index (χ1v) is 6.82. The molecule has 0 heterocycles. The molecular weight excluding hydrogens is 226 g/mol. The third-order valence-corrected chi connectivity index (χ3v) is 3.81. The van der Waals surface area contributed by atoms with E-state index in [9.17, 15) is 5.11 Å². The quantitative estimate of drug-likeness (QED) is 0.842. The summed E-state index contributed by atoms with van der Waals surface area (Å²) in [5.74, 6) is 0.934. The van der Waals surface area contributed by atoms with Crippen molar-refractivity contribution in [2.45, 2.75) is 44.7 Å². The highest BCUT2D eigenvalue weighted by atomic mass is 16.5. The molecule has 1 aromatic rings. The molecule has 1 aliphatic rings. The standard InChI is InChI=1S/C15H23NO2/c1-3-12(10-17)16-15-6-4-5-11-9-13(18-2)7-8-14(11)15/h7-9,12,15-17H,3-6,10H2,1-2H3/t12-,15?/m1/s1. The van der Waals surface area contributed by atoms with Crippen molar-refractivity contribution in [3.05, 3.63) is 29.3 Å². The molecule has 100 valence electrons. The molecule has 0 radical (unpaired) electrons. The molecule has 0 spiro atoms. The SMILES string of the molecule is CC[C@H](CO)NC1CCCc2cc(OC)ccc21. The fourth-order valence-corrected chi connectivity index (χ4v) is 2.67. The van der Waals surface area contributed by atoms with E-state index in [0.717, 1.165) is 25.0 Å². The molecule has 1 unspecified atom stereocenters. The van der Waals surface area contributed by atoms with E-state index in [1.54, 1.807) is 7.11 Å². The fraction of sp³-hybridized carbons (Fsp3) is 0.600. The van der Waals surface area contributed by atoms with Crippen LogP contribution < -0.4 is 10.1 Å². The summed E-state index contributed by atoms with van der Waals surface area (Å²) in [6, 6.07) is 6.90. The van der Waals surface area contributed by atoms with Gasteiger partial charge in [-0.25, -0.2) is 0 Å². The lowest BCUT2D eigenvalue weighted by Gasteiger charge is -2.30. The number of aliphatic hydroxyl groups is 1. The Hall–Kier alpha value is -1.06. The highest BCUT2D eigenvalue weighted by Gasteiger charge is 2.22. The Morgan fingerprint density at radius 1 is 1.50 bits per heavy atom. The topological polar surface area (TPSA) is 41.5 Å². The zero-order chi connectivity index (χ0) is 13.0. The van der Waals surface area contributed by atoms with Crippen molar-refractivity contribution >= 4 is 0 Å². The van der Waals surface area contributed by atoms with Gasteiger partial charge in [-0.3, -0.25) is 0 Å². The van der Waals surface area contributed by atoms with Crippen LogP contribution in [0, 0.1) is 0 Å². The molecule has 0 amide bonds. The third-order valence-electron chi connectivity index (χ3n) is 3.81. The Morgan fingerprint density at radius 2 is 2.33 bits per heavy atom. The van der Waals surface area contributed by atoms with Crippen LogP contribution in [-0.4, -0.2) is 24.9 Å². The molecule has 0 saturated heterocycles. The van der Waals surface area contributed by atoms with Crippen LogP contribution in [0.5, 0.6) is 5.75 Å². The largest absolute Gasteiger partial charge is 0.497 e. The highest BCUT2D eigenvalue weighted by Crippen LogP contribution is 2.32. The highest BCUT2D eigenvalue weighted by molar-refractivity contribution is 5.39. The zero-order valence-corrected chi connectivity index (χ0v) is 11.3. The molecule has 0 bridgehead atoms. The van der Waals surface area contributed by atoms with E-state index in [4.69, 9.17) is 4.74 Å². The number of ether oxygens (including phenoxy) is 1. The normalized spacial score (nSPS) is 20.3. The summed E-state index contributed by atoms with van der Waals surface area (Å²) in [6.07, 6.45) is 4.43. The summed E-state index contributed by atoms with van der Waals surface area (Å²) in [5, 5.41) is 12.9. The minimum atomic E-state index is 0.197. The molecule has 0 aromatic heterocycles. The van der Waals surface area contributed by atoms with Crippen LogP contribution in [0.1, 0.15) is 43.4 Å². The summed E-state index contributed by atoms with van der Waals surface area (Å²) in [5.41, 5.74) is 2.75. The number of hydrogen-bond acceptors (Lipinski definition) is 3. The van der Waals surface area contributed by atoms with Gasteiger partial charge in [0.15, 0.2) is 0 Å². The number of hydrogen-bond donors (Lipinski definition) is 2. The summed E-state index contributed by atoms with van der Waals surface area (Å²) in [7, 11) is 1.71. The molecule has 0 fully saturated rings. The lowest BCUT2D eigenvalue weighted by molar-refractivity contribution is 0.223. The van der Waals surface area contributed by atoms with Gasteiger partial charge in [0.1, 0.15) is 5.75 Å². The van der Waals surface area contributed by atoms with E-state index in [2.05, 4.69) is 24.4 Å². The molecule has 1 aromatic carbocycles. The smallest absolute Gasteiger partial charge is 0.119 e. The Labute approximate surface area is 109 Å². The van der Waals surface area contributed by atoms with Gasteiger partial charge in [-0.2, -0.15) is 0 Å². The summed E-state index contributed by atoms with van der Waals surface area (Å²) >= 11 is 0. The Balaban J connectivity index is 2.17. The number of methoxy groups -OCH3 is 1. The summed E-state index contributed by atoms with van der Waals surface area (Å²) in [6.45, 7) is 2.31. The van der Waals surface area contributed by atoms with Crippen LogP contribution in [-0.2, 0) is 6.42 Å². The number of benzene rings is 1. The maximum Gasteiger partial charge on any atom is 0.119 e. The van der Waals surface area contributed by atoms with Gasteiger partial charge in [-0.1, -0.05) is 13.0 Å². The summed E-state index contributed by atoms with van der Waals surface area (Å²) < 4.78 is 5.28. The van der Waals surface area contributed by atoms with E-state index in [-0.39, 0.29) is 12.6 Å². The lowest BCUT2D eigenvalue weighted by atomic mass is 9.87. The average molecular weight is 249 g/mol. The van der Waals surface area contributed by atoms with Crippen molar-refractivity contribution in [3.63, 3.8) is 0 Å². The van der Waals surface area contributed by atoms with E-state index in [0.29, 0.717) is 6.04 Å². The van der Waals surface area contributed by atoms with Crippen molar-refractivity contribution < 1.29 is 9.84 Å². The van der Waals surface area contributed by atoms with Gasteiger partial charge < -0.3 is 15.2 Å². The number of aliphatic hydroxyl groups excluding tert-OH is 1. The van der Waals surface area contributed by atoms with Gasteiger partial charge in [0.05, 0.1) is 13.7 Å².